The van der Waals surface area contributed by atoms with E-state index in [0.717, 1.165) is 12.6 Å². The summed E-state index contributed by atoms with van der Waals surface area (Å²) in [5, 5.41) is 0. The second-order valence-corrected chi connectivity index (χ2v) is 2.51. The number of ether oxygens (including phenoxy) is 2. The summed E-state index contributed by atoms with van der Waals surface area (Å²) in [4.78, 5) is 3.76. The largest absolute Gasteiger partial charge is 0.491 e. The molecule has 0 bridgehead atoms. The van der Waals surface area contributed by atoms with Crippen molar-refractivity contribution in [3.8, 4) is 11.6 Å². The molecule has 0 amide bonds. The van der Waals surface area contributed by atoms with Crippen LogP contribution < -0.4 is 9.47 Å². The van der Waals surface area contributed by atoms with Crippen molar-refractivity contribution in [1.82, 2.24) is 4.98 Å². The molecule has 0 unspecified atom stereocenters. The van der Waals surface area contributed by atoms with Crippen LogP contribution in [0.5, 0.6) is 11.6 Å². The van der Waals surface area contributed by atoms with Gasteiger partial charge in [0.25, 0.3) is 5.88 Å². The van der Waals surface area contributed by atoms with Gasteiger partial charge in [-0.25, -0.2) is 9.37 Å². The molecule has 72 valence electrons. The molecule has 0 aromatic carbocycles. The van der Waals surface area contributed by atoms with Gasteiger partial charge in [0.05, 0.1) is 19.9 Å². The minimum atomic E-state index is -0.430. The molecule has 4 heteroatoms. The van der Waals surface area contributed by atoms with E-state index in [0.29, 0.717) is 18.2 Å². The van der Waals surface area contributed by atoms with Gasteiger partial charge >= 0.3 is 0 Å². The number of nitrogens with zero attached hydrogens (tertiary/aromatic N) is 1. The fourth-order valence-corrected chi connectivity index (χ4v) is 0.862. The zero-order valence-corrected chi connectivity index (χ0v) is 7.71. The average Bonchev–Trinajstić information content (AvgIpc) is 2.16. The topological polar surface area (TPSA) is 31.4 Å². The van der Waals surface area contributed by atoms with Crippen molar-refractivity contribution >= 4 is 0 Å². The van der Waals surface area contributed by atoms with Crippen molar-refractivity contribution in [2.24, 2.45) is 0 Å². The van der Waals surface area contributed by atoms with Gasteiger partial charge in [-0.1, -0.05) is 6.92 Å². The monoisotopic (exact) mass is 185 g/mol. The summed E-state index contributed by atoms with van der Waals surface area (Å²) in [6, 6.07) is 1.25. The standard InChI is InChI=1S/C9H12FNO2/c1-3-4-13-9-8(12-2)5-7(10)6-11-9/h5-6H,3-4H2,1-2H3. The molecular weight excluding hydrogens is 173 g/mol. The first kappa shape index (κ1) is 9.77. The predicted molar refractivity (Wildman–Crippen MR) is 46.5 cm³/mol. The highest BCUT2D eigenvalue weighted by Crippen LogP contribution is 2.24. The van der Waals surface area contributed by atoms with Crippen molar-refractivity contribution in [3.05, 3.63) is 18.1 Å². The second-order valence-electron chi connectivity index (χ2n) is 2.51. The van der Waals surface area contributed by atoms with E-state index in [-0.39, 0.29) is 0 Å². The number of rotatable bonds is 4. The number of aromatic nitrogens is 1. The smallest absolute Gasteiger partial charge is 0.257 e. The summed E-state index contributed by atoms with van der Waals surface area (Å²) >= 11 is 0. The molecule has 1 aromatic heterocycles. The van der Waals surface area contributed by atoms with E-state index in [4.69, 9.17) is 9.47 Å². The van der Waals surface area contributed by atoms with Crippen LogP contribution >= 0.6 is 0 Å². The first-order chi connectivity index (χ1) is 6.27. The SMILES string of the molecule is CCCOc1ncc(F)cc1OC. The van der Waals surface area contributed by atoms with Crippen LogP contribution in [0.25, 0.3) is 0 Å². The molecule has 1 heterocycles. The van der Waals surface area contributed by atoms with Gasteiger partial charge < -0.3 is 9.47 Å². The van der Waals surface area contributed by atoms with E-state index in [1.807, 2.05) is 6.92 Å². The van der Waals surface area contributed by atoms with Crippen molar-refractivity contribution in [1.29, 1.82) is 0 Å². The van der Waals surface area contributed by atoms with Crippen LogP contribution in [0.1, 0.15) is 13.3 Å². The highest BCUT2D eigenvalue weighted by molar-refractivity contribution is 5.32. The van der Waals surface area contributed by atoms with Crippen LogP contribution in [0.4, 0.5) is 4.39 Å². The normalized spacial score (nSPS) is 9.77. The Morgan fingerprint density at radius 3 is 2.92 bits per heavy atom. The van der Waals surface area contributed by atoms with Gasteiger partial charge in [0.2, 0.25) is 0 Å². The number of hydrogen-bond donors (Lipinski definition) is 0. The Hall–Kier alpha value is -1.32. The van der Waals surface area contributed by atoms with Crippen molar-refractivity contribution in [3.63, 3.8) is 0 Å². The van der Waals surface area contributed by atoms with Gasteiger partial charge in [0.15, 0.2) is 5.75 Å². The highest BCUT2D eigenvalue weighted by atomic mass is 19.1. The second kappa shape index (κ2) is 4.64. The molecular formula is C9H12FNO2. The van der Waals surface area contributed by atoms with E-state index in [1.54, 1.807) is 0 Å². The van der Waals surface area contributed by atoms with Gasteiger partial charge in [0, 0.05) is 6.07 Å². The maximum atomic E-state index is 12.7. The summed E-state index contributed by atoms with van der Waals surface area (Å²) in [6.07, 6.45) is 1.98. The molecule has 0 saturated heterocycles. The van der Waals surface area contributed by atoms with E-state index in [9.17, 15) is 4.39 Å². The Morgan fingerprint density at radius 1 is 1.54 bits per heavy atom. The Kier molecular flexibility index (Phi) is 3.49. The van der Waals surface area contributed by atoms with Gasteiger partial charge in [-0.3, -0.25) is 0 Å². The minimum absolute atomic E-state index is 0.327. The van der Waals surface area contributed by atoms with E-state index in [2.05, 4.69) is 4.98 Å². The molecule has 0 radical (unpaired) electrons. The average molecular weight is 185 g/mol. The Morgan fingerprint density at radius 2 is 2.31 bits per heavy atom. The van der Waals surface area contributed by atoms with Crippen LogP contribution in [0.2, 0.25) is 0 Å². The van der Waals surface area contributed by atoms with Crippen LogP contribution in [-0.4, -0.2) is 18.7 Å². The lowest BCUT2D eigenvalue weighted by Gasteiger charge is -2.07. The maximum absolute atomic E-state index is 12.7. The number of methoxy groups -OCH3 is 1. The Labute approximate surface area is 76.5 Å². The third-order valence-corrected chi connectivity index (χ3v) is 1.45. The molecule has 0 saturated carbocycles. The summed E-state index contributed by atoms with van der Waals surface area (Å²) in [5.41, 5.74) is 0. The van der Waals surface area contributed by atoms with Crippen molar-refractivity contribution in [2.75, 3.05) is 13.7 Å². The van der Waals surface area contributed by atoms with E-state index in [1.165, 1.54) is 13.2 Å². The summed E-state index contributed by atoms with van der Waals surface area (Å²) in [5.74, 6) is 0.236. The van der Waals surface area contributed by atoms with Gasteiger partial charge in [0.1, 0.15) is 5.82 Å². The zero-order valence-electron chi connectivity index (χ0n) is 7.71. The van der Waals surface area contributed by atoms with Gasteiger partial charge in [-0.2, -0.15) is 0 Å². The molecule has 13 heavy (non-hydrogen) atoms. The molecule has 0 atom stereocenters. The Balaban J connectivity index is 2.79. The first-order valence-corrected chi connectivity index (χ1v) is 4.10. The molecule has 1 rings (SSSR count). The minimum Gasteiger partial charge on any atom is -0.491 e. The number of halogens is 1. The lowest BCUT2D eigenvalue weighted by atomic mass is 10.4. The molecule has 0 aliphatic carbocycles. The predicted octanol–water partition coefficient (Wildman–Crippen LogP) is 2.02. The van der Waals surface area contributed by atoms with Crippen LogP contribution in [0.3, 0.4) is 0 Å². The van der Waals surface area contributed by atoms with E-state index >= 15 is 0 Å². The molecule has 1 aromatic rings. The lowest BCUT2D eigenvalue weighted by Crippen LogP contribution is -2.00. The zero-order chi connectivity index (χ0) is 9.68. The molecule has 3 nitrogen and oxygen atoms in total. The number of hydrogen-bond acceptors (Lipinski definition) is 3. The van der Waals surface area contributed by atoms with Crippen LogP contribution in [0.15, 0.2) is 12.3 Å². The molecule has 0 aliphatic heterocycles. The summed E-state index contributed by atoms with van der Waals surface area (Å²) in [7, 11) is 1.45. The van der Waals surface area contributed by atoms with Gasteiger partial charge in [-0.15, -0.1) is 0 Å². The molecule has 0 fully saturated rings. The van der Waals surface area contributed by atoms with Crippen LogP contribution in [-0.2, 0) is 0 Å². The fourth-order valence-electron chi connectivity index (χ4n) is 0.862. The first-order valence-electron chi connectivity index (χ1n) is 4.10. The quantitative estimate of drug-likeness (QED) is 0.719. The third kappa shape index (κ3) is 2.57. The van der Waals surface area contributed by atoms with E-state index < -0.39 is 5.82 Å². The Bertz CT molecular complexity index is 278. The highest BCUT2D eigenvalue weighted by Gasteiger charge is 2.06. The van der Waals surface area contributed by atoms with Gasteiger partial charge in [-0.05, 0) is 6.42 Å². The molecule has 0 spiro atoms. The fraction of sp³-hybridized carbons (Fsp3) is 0.444. The summed E-state index contributed by atoms with van der Waals surface area (Å²) in [6.45, 7) is 2.53. The van der Waals surface area contributed by atoms with Crippen LogP contribution in [0, 0.1) is 5.82 Å². The third-order valence-electron chi connectivity index (χ3n) is 1.45. The number of pyridine rings is 1. The molecule has 0 aliphatic rings. The van der Waals surface area contributed by atoms with Crippen molar-refractivity contribution < 1.29 is 13.9 Å². The maximum Gasteiger partial charge on any atom is 0.257 e. The summed E-state index contributed by atoms with van der Waals surface area (Å²) < 4.78 is 22.8. The van der Waals surface area contributed by atoms with Crippen molar-refractivity contribution in [2.45, 2.75) is 13.3 Å². The molecule has 0 N–H and O–H groups in total. The lowest BCUT2D eigenvalue weighted by molar-refractivity contribution is 0.281.